The van der Waals surface area contributed by atoms with Crippen LogP contribution in [0, 0.1) is 0 Å². The fourth-order valence-electron chi connectivity index (χ4n) is 1.37. The molecule has 20 heavy (non-hydrogen) atoms. The van der Waals surface area contributed by atoms with Crippen LogP contribution >= 0.6 is 0 Å². The number of aromatic carboxylic acids is 1. The first-order valence-electron chi connectivity index (χ1n) is 5.29. The number of azo groups is 1. The zero-order chi connectivity index (χ0) is 14.7. The molecule has 2 rings (SSSR count). The van der Waals surface area contributed by atoms with Crippen molar-refractivity contribution < 1.29 is 15.0 Å². The summed E-state index contributed by atoms with van der Waals surface area (Å²) in [5.74, 6) is -2.30. The lowest BCUT2D eigenvalue weighted by Crippen LogP contribution is -2.21. The number of anilines is 1. The van der Waals surface area contributed by atoms with Gasteiger partial charge in [0, 0.05) is 0 Å². The third-order valence-electron chi connectivity index (χ3n) is 2.24. The summed E-state index contributed by atoms with van der Waals surface area (Å²) in [6, 6.07) is 5.43. The molecular formula is C11H8N5O4-. The summed E-state index contributed by atoms with van der Waals surface area (Å²) in [5, 5.41) is 27.3. The van der Waals surface area contributed by atoms with Crippen LogP contribution in [-0.4, -0.2) is 21.0 Å². The minimum absolute atomic E-state index is 0.0880. The molecule has 0 saturated carbocycles. The molecule has 9 nitrogen and oxygen atoms in total. The third kappa shape index (κ3) is 2.77. The molecule has 0 amide bonds. The fourth-order valence-corrected chi connectivity index (χ4v) is 1.37. The van der Waals surface area contributed by atoms with Crippen molar-refractivity contribution in [2.24, 2.45) is 10.2 Å². The van der Waals surface area contributed by atoms with Crippen LogP contribution in [0.1, 0.15) is 10.4 Å². The van der Waals surface area contributed by atoms with Gasteiger partial charge in [-0.15, -0.1) is 5.11 Å². The summed E-state index contributed by atoms with van der Waals surface area (Å²) in [7, 11) is 0. The van der Waals surface area contributed by atoms with Crippen LogP contribution in [0.5, 0.6) is 5.88 Å². The lowest BCUT2D eigenvalue weighted by molar-refractivity contribution is -0.255. The van der Waals surface area contributed by atoms with Crippen LogP contribution < -0.4 is 16.4 Å². The second kappa shape index (κ2) is 5.18. The van der Waals surface area contributed by atoms with E-state index in [0.717, 1.165) is 0 Å². The Labute approximate surface area is 111 Å². The van der Waals surface area contributed by atoms with E-state index in [4.69, 9.17) is 5.73 Å². The average molecular weight is 274 g/mol. The molecule has 2 aromatic rings. The Morgan fingerprint density at radius 2 is 2.15 bits per heavy atom. The molecule has 1 heterocycles. The number of carboxylic acids is 1. The number of hydrogen-bond acceptors (Lipinski definition) is 8. The van der Waals surface area contributed by atoms with Crippen LogP contribution in [0.25, 0.3) is 0 Å². The van der Waals surface area contributed by atoms with E-state index in [9.17, 15) is 19.8 Å². The van der Waals surface area contributed by atoms with Crippen LogP contribution in [0.3, 0.4) is 0 Å². The molecule has 9 heteroatoms. The van der Waals surface area contributed by atoms with Gasteiger partial charge in [0.2, 0.25) is 17.5 Å². The largest absolute Gasteiger partial charge is 0.545 e. The maximum Gasteiger partial charge on any atom is 0.284 e. The minimum Gasteiger partial charge on any atom is -0.545 e. The van der Waals surface area contributed by atoms with Gasteiger partial charge in [0.25, 0.3) is 5.56 Å². The number of rotatable bonds is 3. The molecule has 0 spiro atoms. The average Bonchev–Trinajstić information content (AvgIpc) is 2.37. The molecule has 4 N–H and O–H groups in total. The normalized spacial score (nSPS) is 10.8. The van der Waals surface area contributed by atoms with E-state index >= 15 is 0 Å². The molecule has 0 saturated heterocycles. The van der Waals surface area contributed by atoms with Gasteiger partial charge in [-0.3, -0.25) is 9.78 Å². The number of carbonyl (C=O) groups excluding carboxylic acids is 1. The van der Waals surface area contributed by atoms with Crippen molar-refractivity contribution in [3.8, 4) is 5.88 Å². The Kier molecular flexibility index (Phi) is 3.42. The minimum atomic E-state index is -1.36. The van der Waals surface area contributed by atoms with E-state index in [1.54, 1.807) is 0 Å². The quantitative estimate of drug-likeness (QED) is 0.659. The monoisotopic (exact) mass is 274 g/mol. The Morgan fingerprint density at radius 1 is 1.40 bits per heavy atom. The van der Waals surface area contributed by atoms with Crippen molar-refractivity contribution in [3.05, 3.63) is 40.2 Å². The number of benzene rings is 1. The second-order valence-corrected chi connectivity index (χ2v) is 3.66. The molecule has 1 aromatic carbocycles. The molecule has 102 valence electrons. The predicted molar refractivity (Wildman–Crippen MR) is 65.9 cm³/mol. The van der Waals surface area contributed by atoms with E-state index in [0.29, 0.717) is 0 Å². The van der Waals surface area contributed by atoms with Crippen LogP contribution in [0.15, 0.2) is 39.3 Å². The zero-order valence-electron chi connectivity index (χ0n) is 9.90. The number of nitrogens with zero attached hydrogens (tertiary/aromatic N) is 3. The number of carboxylic acid groups (broad SMARTS) is 1. The predicted octanol–water partition coefficient (Wildman–Crippen LogP) is -0.163. The van der Waals surface area contributed by atoms with E-state index in [1.807, 2.05) is 0 Å². The topological polar surface area (TPSA) is 157 Å². The van der Waals surface area contributed by atoms with Gasteiger partial charge in [0.15, 0.2) is 0 Å². The van der Waals surface area contributed by atoms with Gasteiger partial charge in [-0.25, -0.2) is 0 Å². The van der Waals surface area contributed by atoms with Gasteiger partial charge < -0.3 is 20.7 Å². The molecule has 1 aromatic heterocycles. The lowest BCUT2D eigenvalue weighted by atomic mass is 10.2. The Bertz CT molecular complexity index is 753. The lowest BCUT2D eigenvalue weighted by Gasteiger charge is -2.01. The molecular weight excluding hydrogens is 266 g/mol. The first-order chi connectivity index (χ1) is 9.47. The van der Waals surface area contributed by atoms with Gasteiger partial charge in [0.05, 0.1) is 11.7 Å². The zero-order valence-corrected chi connectivity index (χ0v) is 9.90. The van der Waals surface area contributed by atoms with Crippen LogP contribution in [-0.2, 0) is 0 Å². The number of carbonyl (C=O) groups is 1. The van der Waals surface area contributed by atoms with Crippen molar-refractivity contribution in [2.45, 2.75) is 0 Å². The number of aromatic hydroxyl groups is 1. The van der Waals surface area contributed by atoms with E-state index in [1.165, 1.54) is 24.3 Å². The molecule has 0 unspecified atom stereocenters. The molecule has 0 aliphatic rings. The highest BCUT2D eigenvalue weighted by molar-refractivity contribution is 5.86. The standard InChI is InChI=1S/C11H9N5O4/c12-11-13-8(17)7(9(18)14-11)16-15-6-3-1-2-5(4-6)10(19)20/h1-4H,(H,19,20)(H4,12,13,14,17,18)/p-1. The maximum absolute atomic E-state index is 11.5. The summed E-state index contributed by atoms with van der Waals surface area (Å²) in [6.07, 6.45) is 0. The maximum atomic E-state index is 11.5. The van der Waals surface area contributed by atoms with Crippen LogP contribution in [0.4, 0.5) is 17.3 Å². The number of H-pyrrole nitrogens is 1. The number of nitrogen functional groups attached to an aromatic ring is 1. The molecule has 0 radical (unpaired) electrons. The van der Waals surface area contributed by atoms with Crippen molar-refractivity contribution in [2.75, 3.05) is 5.73 Å². The van der Waals surface area contributed by atoms with Crippen molar-refractivity contribution in [3.63, 3.8) is 0 Å². The Hall–Kier alpha value is -3.23. The van der Waals surface area contributed by atoms with Gasteiger partial charge in [-0.1, -0.05) is 12.1 Å². The number of aromatic amines is 1. The van der Waals surface area contributed by atoms with E-state index < -0.39 is 23.1 Å². The molecule has 0 aliphatic carbocycles. The SMILES string of the molecule is Nc1nc(O)c(N=Nc2cccc(C(=O)[O-])c2)c(=O)[nH]1. The number of hydrogen-bond donors (Lipinski definition) is 3. The summed E-state index contributed by atoms with van der Waals surface area (Å²) in [5.41, 5.74) is 4.10. The highest BCUT2D eigenvalue weighted by Gasteiger charge is 2.08. The summed E-state index contributed by atoms with van der Waals surface area (Å²) in [4.78, 5) is 27.7. The highest BCUT2D eigenvalue weighted by atomic mass is 16.4. The molecule has 0 atom stereocenters. The number of nitrogens with one attached hydrogen (secondary N) is 1. The number of aromatic nitrogens is 2. The second-order valence-electron chi connectivity index (χ2n) is 3.66. The summed E-state index contributed by atoms with van der Waals surface area (Å²) >= 11 is 0. The first kappa shape index (κ1) is 13.2. The molecule has 0 aliphatic heterocycles. The fraction of sp³-hybridized carbons (Fsp3) is 0. The number of nitrogens with two attached hydrogens (primary N) is 1. The summed E-state index contributed by atoms with van der Waals surface area (Å²) < 4.78 is 0. The Balaban J connectivity index is 2.37. The van der Waals surface area contributed by atoms with E-state index in [2.05, 4.69) is 20.2 Å². The summed E-state index contributed by atoms with van der Waals surface area (Å²) in [6.45, 7) is 0. The van der Waals surface area contributed by atoms with E-state index in [-0.39, 0.29) is 17.2 Å². The van der Waals surface area contributed by atoms with Crippen molar-refractivity contribution in [1.29, 1.82) is 0 Å². The van der Waals surface area contributed by atoms with Gasteiger partial charge in [-0.2, -0.15) is 10.1 Å². The highest BCUT2D eigenvalue weighted by Crippen LogP contribution is 2.22. The van der Waals surface area contributed by atoms with Gasteiger partial charge in [-0.05, 0) is 17.7 Å². The van der Waals surface area contributed by atoms with Gasteiger partial charge >= 0.3 is 0 Å². The first-order valence-corrected chi connectivity index (χ1v) is 5.29. The molecule has 0 bridgehead atoms. The van der Waals surface area contributed by atoms with Gasteiger partial charge in [0.1, 0.15) is 0 Å². The molecule has 0 fully saturated rings. The van der Waals surface area contributed by atoms with Crippen molar-refractivity contribution >= 4 is 23.3 Å². The van der Waals surface area contributed by atoms with Crippen LogP contribution in [0.2, 0.25) is 0 Å². The van der Waals surface area contributed by atoms with Crippen molar-refractivity contribution in [1.82, 2.24) is 9.97 Å². The smallest absolute Gasteiger partial charge is 0.284 e. The third-order valence-corrected chi connectivity index (χ3v) is 2.24. The Morgan fingerprint density at radius 3 is 2.80 bits per heavy atom.